The van der Waals surface area contributed by atoms with Crippen molar-refractivity contribution in [2.45, 2.75) is 13.5 Å². The van der Waals surface area contributed by atoms with Crippen LogP contribution in [0.25, 0.3) is 33.4 Å². The summed E-state index contributed by atoms with van der Waals surface area (Å²) >= 11 is 6.07. The molecule has 0 saturated carbocycles. The summed E-state index contributed by atoms with van der Waals surface area (Å²) in [5.41, 5.74) is 7.93. The summed E-state index contributed by atoms with van der Waals surface area (Å²) in [4.78, 5) is 8.24. The Morgan fingerprint density at radius 2 is 1.76 bits per heavy atom. The van der Waals surface area contributed by atoms with Gasteiger partial charge in [0.1, 0.15) is 0 Å². The van der Waals surface area contributed by atoms with Crippen LogP contribution in [-0.4, -0.2) is 14.5 Å². The fraction of sp³-hybridized carbons (Fsp3) is 0.0800. The van der Waals surface area contributed by atoms with Crippen LogP contribution < -0.4 is 0 Å². The Bertz CT molecular complexity index is 1280. The third kappa shape index (κ3) is 3.34. The smallest absolute Gasteiger partial charge is 0.0964 e. The molecule has 0 amide bonds. The molecule has 5 rings (SSSR count). The van der Waals surface area contributed by atoms with Crippen molar-refractivity contribution in [1.82, 2.24) is 14.5 Å². The van der Waals surface area contributed by atoms with Crippen molar-refractivity contribution in [2.75, 3.05) is 0 Å². The van der Waals surface area contributed by atoms with Crippen LogP contribution in [0.1, 0.15) is 11.1 Å². The molecule has 0 saturated heterocycles. The molecule has 0 atom stereocenters. The lowest BCUT2D eigenvalue weighted by Crippen LogP contribution is -2.00. The van der Waals surface area contributed by atoms with Gasteiger partial charge in [-0.1, -0.05) is 66.2 Å². The maximum atomic E-state index is 6.07. The largest absolute Gasteiger partial charge is 0.360 e. The molecule has 3 aromatic carbocycles. The van der Waals surface area contributed by atoms with E-state index < -0.39 is 0 Å². The highest BCUT2D eigenvalue weighted by Crippen LogP contribution is 2.36. The SMILES string of the molecule is Cc1ccc2c(-c3c(-c4ccccc4)ncn3Cc3ccc(Cl)cc3)c[nH]c2c1. The van der Waals surface area contributed by atoms with Crippen molar-refractivity contribution in [3.05, 3.63) is 101 Å². The monoisotopic (exact) mass is 397 g/mol. The van der Waals surface area contributed by atoms with Crippen molar-refractivity contribution in [3.8, 4) is 22.5 Å². The number of rotatable bonds is 4. The number of nitrogens with zero attached hydrogens (tertiary/aromatic N) is 2. The van der Waals surface area contributed by atoms with Crippen molar-refractivity contribution in [1.29, 1.82) is 0 Å². The number of nitrogens with one attached hydrogen (secondary N) is 1. The van der Waals surface area contributed by atoms with Gasteiger partial charge in [0, 0.05) is 39.8 Å². The predicted octanol–water partition coefficient (Wildman–Crippen LogP) is 6.71. The summed E-state index contributed by atoms with van der Waals surface area (Å²) in [7, 11) is 0. The number of imidazole rings is 1. The van der Waals surface area contributed by atoms with Gasteiger partial charge in [-0.25, -0.2) is 4.98 Å². The van der Waals surface area contributed by atoms with Crippen LogP contribution in [0.3, 0.4) is 0 Å². The Labute approximate surface area is 174 Å². The van der Waals surface area contributed by atoms with Crippen LogP contribution in [0.2, 0.25) is 5.02 Å². The van der Waals surface area contributed by atoms with Crippen molar-refractivity contribution < 1.29 is 0 Å². The Kier molecular flexibility index (Phi) is 4.45. The molecule has 4 heteroatoms. The lowest BCUT2D eigenvalue weighted by Gasteiger charge is -2.11. The number of aromatic amines is 1. The molecule has 0 fully saturated rings. The van der Waals surface area contributed by atoms with E-state index in [0.29, 0.717) is 0 Å². The van der Waals surface area contributed by atoms with Gasteiger partial charge in [-0.05, 0) is 36.2 Å². The standard InChI is InChI=1S/C25H20ClN3/c1-17-7-12-21-22(14-27-23(21)13-17)25-24(19-5-3-2-4-6-19)28-16-29(25)15-18-8-10-20(26)11-9-18/h2-14,16,27H,15H2,1H3. The van der Waals surface area contributed by atoms with Crippen LogP contribution in [0.15, 0.2) is 85.3 Å². The Hall–Kier alpha value is -3.30. The minimum atomic E-state index is 0.727. The highest BCUT2D eigenvalue weighted by molar-refractivity contribution is 6.30. The second-order valence-electron chi connectivity index (χ2n) is 7.31. The highest BCUT2D eigenvalue weighted by Gasteiger charge is 2.18. The Morgan fingerprint density at radius 3 is 2.55 bits per heavy atom. The molecule has 2 heterocycles. The van der Waals surface area contributed by atoms with E-state index in [1.54, 1.807) is 0 Å². The first-order valence-electron chi connectivity index (χ1n) is 9.62. The number of fused-ring (bicyclic) bond motifs is 1. The van der Waals surface area contributed by atoms with Crippen LogP contribution in [0.5, 0.6) is 0 Å². The summed E-state index contributed by atoms with van der Waals surface area (Å²) in [6.07, 6.45) is 4.02. The van der Waals surface area contributed by atoms with Crippen molar-refractivity contribution in [3.63, 3.8) is 0 Å². The minimum absolute atomic E-state index is 0.727. The summed E-state index contributed by atoms with van der Waals surface area (Å²) in [6, 6.07) is 24.9. The average molecular weight is 398 g/mol. The zero-order valence-electron chi connectivity index (χ0n) is 16.1. The Balaban J connectivity index is 1.70. The van der Waals surface area contributed by atoms with Crippen LogP contribution >= 0.6 is 11.6 Å². The molecule has 2 aromatic heterocycles. The first-order chi connectivity index (χ1) is 14.2. The van der Waals surface area contributed by atoms with E-state index in [4.69, 9.17) is 16.6 Å². The van der Waals surface area contributed by atoms with Gasteiger partial charge in [0.05, 0.1) is 17.7 Å². The first-order valence-corrected chi connectivity index (χ1v) is 10.00. The van der Waals surface area contributed by atoms with Gasteiger partial charge in [-0.15, -0.1) is 0 Å². The second kappa shape index (κ2) is 7.26. The fourth-order valence-corrected chi connectivity index (χ4v) is 3.94. The number of aryl methyl sites for hydroxylation is 1. The van der Waals surface area contributed by atoms with Gasteiger partial charge < -0.3 is 9.55 Å². The summed E-state index contributed by atoms with van der Waals surface area (Å²) < 4.78 is 2.22. The molecule has 0 spiro atoms. The van der Waals surface area contributed by atoms with E-state index in [-0.39, 0.29) is 0 Å². The molecule has 5 aromatic rings. The van der Waals surface area contributed by atoms with Gasteiger partial charge >= 0.3 is 0 Å². The van der Waals surface area contributed by atoms with Crippen LogP contribution in [0, 0.1) is 6.92 Å². The molecule has 3 nitrogen and oxygen atoms in total. The number of halogens is 1. The summed E-state index contributed by atoms with van der Waals surface area (Å²) in [5, 5.41) is 1.95. The molecule has 0 bridgehead atoms. The molecule has 0 unspecified atom stereocenters. The maximum Gasteiger partial charge on any atom is 0.0964 e. The van der Waals surface area contributed by atoms with Crippen LogP contribution in [-0.2, 0) is 6.54 Å². The van der Waals surface area contributed by atoms with E-state index in [2.05, 4.69) is 77.3 Å². The van der Waals surface area contributed by atoms with Gasteiger partial charge in [-0.3, -0.25) is 0 Å². The topological polar surface area (TPSA) is 33.6 Å². The molecular formula is C25H20ClN3. The van der Waals surface area contributed by atoms with Gasteiger partial charge in [-0.2, -0.15) is 0 Å². The normalized spacial score (nSPS) is 11.2. The molecular weight excluding hydrogens is 378 g/mol. The van der Waals surface area contributed by atoms with E-state index >= 15 is 0 Å². The average Bonchev–Trinajstić information content (AvgIpc) is 3.33. The van der Waals surface area contributed by atoms with Crippen molar-refractivity contribution >= 4 is 22.5 Å². The van der Waals surface area contributed by atoms with E-state index in [9.17, 15) is 0 Å². The quantitative estimate of drug-likeness (QED) is 0.359. The van der Waals surface area contributed by atoms with Crippen LogP contribution in [0.4, 0.5) is 0 Å². The lowest BCUT2D eigenvalue weighted by molar-refractivity contribution is 0.805. The summed E-state index contributed by atoms with van der Waals surface area (Å²) in [5.74, 6) is 0. The zero-order valence-corrected chi connectivity index (χ0v) is 16.8. The number of hydrogen-bond donors (Lipinski definition) is 1. The van der Waals surface area contributed by atoms with E-state index in [0.717, 1.165) is 39.6 Å². The molecule has 29 heavy (non-hydrogen) atoms. The molecule has 0 radical (unpaired) electrons. The third-order valence-electron chi connectivity index (χ3n) is 5.24. The summed E-state index contributed by atoms with van der Waals surface area (Å²) in [6.45, 7) is 2.84. The number of aromatic nitrogens is 3. The first kappa shape index (κ1) is 17.8. The number of hydrogen-bond acceptors (Lipinski definition) is 1. The van der Waals surface area contributed by atoms with Gasteiger partial charge in [0.15, 0.2) is 0 Å². The Morgan fingerprint density at radius 1 is 0.966 bits per heavy atom. The minimum Gasteiger partial charge on any atom is -0.360 e. The highest BCUT2D eigenvalue weighted by atomic mass is 35.5. The van der Waals surface area contributed by atoms with Crippen molar-refractivity contribution in [2.24, 2.45) is 0 Å². The molecule has 1 N–H and O–H groups in total. The van der Waals surface area contributed by atoms with Gasteiger partial charge in [0.2, 0.25) is 0 Å². The van der Waals surface area contributed by atoms with Gasteiger partial charge in [0.25, 0.3) is 0 Å². The fourth-order valence-electron chi connectivity index (χ4n) is 3.81. The predicted molar refractivity (Wildman–Crippen MR) is 120 cm³/mol. The molecule has 0 aliphatic carbocycles. The molecule has 0 aliphatic rings. The van der Waals surface area contributed by atoms with E-state index in [1.807, 2.05) is 24.5 Å². The maximum absolute atomic E-state index is 6.07. The molecule has 142 valence electrons. The molecule has 0 aliphatic heterocycles. The number of benzene rings is 3. The second-order valence-corrected chi connectivity index (χ2v) is 7.75. The van der Waals surface area contributed by atoms with E-state index in [1.165, 1.54) is 16.5 Å². The zero-order chi connectivity index (χ0) is 19.8. The lowest BCUT2D eigenvalue weighted by atomic mass is 10.0. The third-order valence-corrected chi connectivity index (χ3v) is 5.50. The number of H-pyrrole nitrogens is 1.